The lowest BCUT2D eigenvalue weighted by atomic mass is 10.1. The van der Waals surface area contributed by atoms with Crippen molar-refractivity contribution < 1.29 is 19.1 Å². The molecule has 0 radical (unpaired) electrons. The summed E-state index contributed by atoms with van der Waals surface area (Å²) in [5.41, 5.74) is 0. The summed E-state index contributed by atoms with van der Waals surface area (Å²) in [4.78, 5) is 23.3. The molecular weight excluding hydrogens is 364 g/mol. The third-order valence-electron chi connectivity index (χ3n) is 4.04. The molecule has 0 saturated heterocycles. The third-order valence-corrected chi connectivity index (χ3v) is 4.28. The van der Waals surface area contributed by atoms with Crippen LogP contribution in [0.25, 0.3) is 0 Å². The maximum absolute atomic E-state index is 11.7. The molecule has 0 aliphatic heterocycles. The average molecular weight is 395 g/mol. The summed E-state index contributed by atoms with van der Waals surface area (Å²) >= 11 is 5.82. The lowest BCUT2D eigenvalue weighted by molar-refractivity contribution is -0.145. The summed E-state index contributed by atoms with van der Waals surface area (Å²) < 4.78 is 10.2. The predicted molar refractivity (Wildman–Crippen MR) is 109 cm³/mol. The number of carbonyl (C=O) groups is 2. The van der Waals surface area contributed by atoms with Gasteiger partial charge in [-0.15, -0.1) is 0 Å². The van der Waals surface area contributed by atoms with E-state index in [-0.39, 0.29) is 19.4 Å². The molecule has 0 saturated carbocycles. The predicted octanol–water partition coefficient (Wildman–Crippen LogP) is 6.27. The summed E-state index contributed by atoms with van der Waals surface area (Å²) in [5, 5.41) is 0.489. The fourth-order valence-electron chi connectivity index (χ4n) is 2.54. The van der Waals surface area contributed by atoms with E-state index in [1.807, 2.05) is 12.2 Å². The Balaban J connectivity index is 2.01. The fraction of sp³-hybridized carbons (Fsp3) is 0.545. The first-order chi connectivity index (χ1) is 13.1. The van der Waals surface area contributed by atoms with Gasteiger partial charge in [-0.2, -0.15) is 0 Å². The van der Waals surface area contributed by atoms with E-state index in [0.717, 1.165) is 6.42 Å². The van der Waals surface area contributed by atoms with E-state index in [9.17, 15) is 9.59 Å². The Hall–Kier alpha value is -1.81. The van der Waals surface area contributed by atoms with Crippen LogP contribution in [0.1, 0.15) is 71.1 Å². The van der Waals surface area contributed by atoms with E-state index >= 15 is 0 Å². The largest absolute Gasteiger partial charge is 0.461 e. The highest BCUT2D eigenvalue weighted by Crippen LogP contribution is 2.17. The van der Waals surface area contributed by atoms with E-state index in [4.69, 9.17) is 21.1 Å². The van der Waals surface area contributed by atoms with Crippen LogP contribution < -0.4 is 4.74 Å². The minimum atomic E-state index is -0.483. The monoisotopic (exact) mass is 394 g/mol. The van der Waals surface area contributed by atoms with E-state index in [2.05, 4.69) is 6.92 Å². The number of hydrogen-bond acceptors (Lipinski definition) is 4. The number of benzene rings is 1. The molecule has 0 N–H and O–H groups in total. The van der Waals surface area contributed by atoms with Crippen molar-refractivity contribution in [1.29, 1.82) is 0 Å². The van der Waals surface area contributed by atoms with Crippen molar-refractivity contribution in [3.8, 4) is 5.75 Å². The Morgan fingerprint density at radius 3 is 2.41 bits per heavy atom. The third kappa shape index (κ3) is 13.1. The second-order valence-electron chi connectivity index (χ2n) is 6.50. The van der Waals surface area contributed by atoms with Gasteiger partial charge < -0.3 is 9.47 Å². The number of esters is 2. The molecule has 27 heavy (non-hydrogen) atoms. The zero-order chi connectivity index (χ0) is 19.7. The first kappa shape index (κ1) is 23.2. The number of hydrogen-bond donors (Lipinski definition) is 0. The average Bonchev–Trinajstić information content (AvgIpc) is 2.64. The lowest BCUT2D eigenvalue weighted by Gasteiger charge is -2.04. The van der Waals surface area contributed by atoms with Crippen molar-refractivity contribution in [2.45, 2.75) is 71.1 Å². The molecule has 0 atom stereocenters. The summed E-state index contributed by atoms with van der Waals surface area (Å²) in [7, 11) is 0. The van der Waals surface area contributed by atoms with Gasteiger partial charge in [-0.25, -0.2) is 0 Å². The zero-order valence-electron chi connectivity index (χ0n) is 16.3. The van der Waals surface area contributed by atoms with Crippen LogP contribution in [0.3, 0.4) is 0 Å². The van der Waals surface area contributed by atoms with E-state index in [0.29, 0.717) is 10.8 Å². The molecule has 1 rings (SSSR count). The van der Waals surface area contributed by atoms with Crippen LogP contribution >= 0.6 is 11.6 Å². The Morgan fingerprint density at radius 1 is 0.963 bits per heavy atom. The zero-order valence-corrected chi connectivity index (χ0v) is 17.0. The molecule has 0 fully saturated rings. The van der Waals surface area contributed by atoms with Crippen LogP contribution in [-0.4, -0.2) is 18.5 Å². The molecule has 0 amide bonds. The van der Waals surface area contributed by atoms with Gasteiger partial charge in [0.05, 0.1) is 12.8 Å². The molecule has 0 spiro atoms. The molecule has 0 unspecified atom stereocenters. The van der Waals surface area contributed by atoms with Gasteiger partial charge in [0.2, 0.25) is 0 Å². The highest BCUT2D eigenvalue weighted by molar-refractivity contribution is 6.30. The summed E-state index contributed by atoms with van der Waals surface area (Å²) in [5.74, 6) is -0.517. The van der Waals surface area contributed by atoms with Gasteiger partial charge in [0.1, 0.15) is 12.4 Å². The molecule has 0 heterocycles. The minimum Gasteiger partial charge on any atom is -0.461 e. The van der Waals surface area contributed by atoms with Gasteiger partial charge >= 0.3 is 11.9 Å². The van der Waals surface area contributed by atoms with Crippen LogP contribution in [0.2, 0.25) is 5.02 Å². The maximum Gasteiger partial charge on any atom is 0.311 e. The SMILES string of the molecule is CCCCCCCCC/C=C/COC(=O)CCC(=O)Oc1cccc(Cl)c1. The second-order valence-corrected chi connectivity index (χ2v) is 6.93. The van der Waals surface area contributed by atoms with Crippen LogP contribution in [0.4, 0.5) is 0 Å². The van der Waals surface area contributed by atoms with Crippen molar-refractivity contribution >= 4 is 23.5 Å². The standard InChI is InChI=1S/C22H31ClO4/c1-2-3-4-5-6-7-8-9-10-11-17-26-21(24)15-16-22(25)27-20-14-12-13-19(23)18-20/h10-14,18H,2-9,15-17H2,1H3/b11-10+. The number of unbranched alkanes of at least 4 members (excludes halogenated alkanes) is 7. The normalized spacial score (nSPS) is 10.9. The van der Waals surface area contributed by atoms with Crippen molar-refractivity contribution in [2.24, 2.45) is 0 Å². The highest BCUT2D eigenvalue weighted by Gasteiger charge is 2.10. The molecule has 0 aliphatic carbocycles. The van der Waals surface area contributed by atoms with Gasteiger partial charge in [0, 0.05) is 5.02 Å². The number of rotatable bonds is 14. The molecule has 0 aliphatic rings. The summed E-state index contributed by atoms with van der Waals surface area (Å²) in [6, 6.07) is 6.57. The van der Waals surface area contributed by atoms with Crippen LogP contribution in [0.15, 0.2) is 36.4 Å². The van der Waals surface area contributed by atoms with E-state index in [1.165, 1.54) is 44.9 Å². The Kier molecular flexibility index (Phi) is 13.1. The molecule has 4 nitrogen and oxygen atoms in total. The quantitative estimate of drug-likeness (QED) is 0.161. The number of halogens is 1. The van der Waals surface area contributed by atoms with Gasteiger partial charge in [-0.3, -0.25) is 9.59 Å². The summed E-state index contributed by atoms with van der Waals surface area (Å²) in [6.07, 6.45) is 13.9. The first-order valence-electron chi connectivity index (χ1n) is 9.88. The smallest absolute Gasteiger partial charge is 0.311 e. The number of carbonyl (C=O) groups excluding carboxylic acids is 2. The fourth-order valence-corrected chi connectivity index (χ4v) is 2.72. The number of ether oxygens (including phenoxy) is 2. The second kappa shape index (κ2) is 15.3. The molecule has 150 valence electrons. The van der Waals surface area contributed by atoms with Crippen molar-refractivity contribution in [1.82, 2.24) is 0 Å². The van der Waals surface area contributed by atoms with E-state index < -0.39 is 11.9 Å². The van der Waals surface area contributed by atoms with Gasteiger partial charge in [0.25, 0.3) is 0 Å². The first-order valence-corrected chi connectivity index (χ1v) is 10.3. The van der Waals surface area contributed by atoms with Gasteiger partial charge in [0.15, 0.2) is 0 Å². The van der Waals surface area contributed by atoms with Crippen LogP contribution in [0.5, 0.6) is 5.75 Å². The van der Waals surface area contributed by atoms with Crippen molar-refractivity contribution in [2.75, 3.05) is 6.61 Å². The molecule has 0 bridgehead atoms. The highest BCUT2D eigenvalue weighted by atomic mass is 35.5. The van der Waals surface area contributed by atoms with Crippen LogP contribution in [-0.2, 0) is 14.3 Å². The van der Waals surface area contributed by atoms with Crippen molar-refractivity contribution in [3.63, 3.8) is 0 Å². The molecule has 0 aromatic heterocycles. The number of allylic oxidation sites excluding steroid dienone is 1. The van der Waals surface area contributed by atoms with Crippen molar-refractivity contribution in [3.05, 3.63) is 41.4 Å². The maximum atomic E-state index is 11.7. The van der Waals surface area contributed by atoms with Crippen LogP contribution in [0, 0.1) is 0 Å². The topological polar surface area (TPSA) is 52.6 Å². The van der Waals surface area contributed by atoms with Gasteiger partial charge in [-0.1, -0.05) is 75.3 Å². The lowest BCUT2D eigenvalue weighted by Crippen LogP contribution is -2.12. The molecule has 1 aromatic carbocycles. The minimum absolute atomic E-state index is 0.00496. The summed E-state index contributed by atoms with van der Waals surface area (Å²) in [6.45, 7) is 2.48. The van der Waals surface area contributed by atoms with E-state index in [1.54, 1.807) is 24.3 Å². The van der Waals surface area contributed by atoms with Gasteiger partial charge in [-0.05, 0) is 31.0 Å². The Labute approximate surface area is 167 Å². The molecule has 5 heteroatoms. The molecular formula is C22H31ClO4. The Bertz CT molecular complexity index is 583. The Morgan fingerprint density at radius 2 is 1.67 bits per heavy atom. The molecule has 1 aromatic rings.